The van der Waals surface area contributed by atoms with Gasteiger partial charge >= 0.3 is 0 Å². The highest BCUT2D eigenvalue weighted by molar-refractivity contribution is 7.86. The average molecular weight is 353 g/mol. The van der Waals surface area contributed by atoms with Crippen LogP contribution in [0, 0.1) is 13.8 Å². The predicted molar refractivity (Wildman–Crippen MR) is 95.2 cm³/mol. The van der Waals surface area contributed by atoms with Crippen molar-refractivity contribution in [1.82, 2.24) is 13.5 Å². The molecule has 24 heavy (non-hydrogen) atoms. The minimum atomic E-state index is -3.42. The lowest BCUT2D eigenvalue weighted by atomic mass is 10.1. The van der Waals surface area contributed by atoms with Gasteiger partial charge in [-0.2, -0.15) is 17.0 Å². The van der Waals surface area contributed by atoms with Crippen LogP contribution in [0.1, 0.15) is 35.3 Å². The van der Waals surface area contributed by atoms with E-state index < -0.39 is 10.2 Å². The zero-order valence-corrected chi connectivity index (χ0v) is 15.8. The third-order valence-corrected chi connectivity index (χ3v) is 6.54. The summed E-state index contributed by atoms with van der Waals surface area (Å²) in [6.45, 7) is 10.1. The quantitative estimate of drug-likeness (QED) is 0.809. The first-order chi connectivity index (χ1) is 11.3. The van der Waals surface area contributed by atoms with Crippen molar-refractivity contribution in [3.63, 3.8) is 0 Å². The van der Waals surface area contributed by atoms with Crippen LogP contribution in [0.3, 0.4) is 0 Å². The molecule has 1 saturated heterocycles. The zero-order chi connectivity index (χ0) is 17.9. The summed E-state index contributed by atoms with van der Waals surface area (Å²) in [6, 6.07) is 5.80. The number of carbonyl (C=O) groups excluding carboxylic acids is 1. The van der Waals surface area contributed by atoms with Crippen molar-refractivity contribution in [2.45, 2.75) is 27.7 Å². The third-order valence-electron chi connectivity index (χ3n) is 4.35. The molecular weight excluding hydrogens is 326 g/mol. The van der Waals surface area contributed by atoms with Crippen LogP contribution in [0.15, 0.2) is 18.2 Å². The fourth-order valence-corrected chi connectivity index (χ4v) is 4.72. The van der Waals surface area contributed by atoms with E-state index in [4.69, 9.17) is 0 Å². The van der Waals surface area contributed by atoms with Crippen molar-refractivity contribution in [2.75, 3.05) is 39.3 Å². The Kier molecular flexibility index (Phi) is 6.01. The van der Waals surface area contributed by atoms with Crippen LogP contribution in [0.25, 0.3) is 0 Å². The second-order valence-corrected chi connectivity index (χ2v) is 8.09. The molecule has 0 saturated carbocycles. The average Bonchev–Trinajstić information content (AvgIpc) is 2.54. The normalized spacial score (nSPS) is 16.6. The summed E-state index contributed by atoms with van der Waals surface area (Å²) in [4.78, 5) is 14.4. The fourth-order valence-electron chi connectivity index (χ4n) is 3.12. The van der Waals surface area contributed by atoms with Crippen LogP contribution in [-0.2, 0) is 10.2 Å². The highest BCUT2D eigenvalue weighted by Crippen LogP contribution is 2.16. The molecular formula is C17H27N3O3S. The van der Waals surface area contributed by atoms with Gasteiger partial charge in [0, 0.05) is 44.8 Å². The van der Waals surface area contributed by atoms with E-state index in [9.17, 15) is 13.2 Å². The number of rotatable bonds is 5. The number of piperazine rings is 1. The van der Waals surface area contributed by atoms with E-state index in [-0.39, 0.29) is 5.91 Å². The number of benzene rings is 1. The second-order valence-electron chi connectivity index (χ2n) is 6.16. The van der Waals surface area contributed by atoms with Crippen molar-refractivity contribution in [2.24, 2.45) is 0 Å². The molecule has 1 amide bonds. The van der Waals surface area contributed by atoms with Crippen LogP contribution in [0.2, 0.25) is 0 Å². The Hall–Kier alpha value is -1.44. The Balaban J connectivity index is 2.06. The SMILES string of the molecule is CCN(CC)S(=O)(=O)N1CCN(C(=O)c2cc(C)cc(C)c2)CC1. The summed E-state index contributed by atoms with van der Waals surface area (Å²) in [5.74, 6) is -0.0262. The Labute approximate surface area is 145 Å². The summed E-state index contributed by atoms with van der Waals surface area (Å²) in [5, 5.41) is 0. The van der Waals surface area contributed by atoms with Crippen molar-refractivity contribution >= 4 is 16.1 Å². The highest BCUT2D eigenvalue weighted by atomic mass is 32.2. The maximum atomic E-state index is 12.7. The molecule has 0 radical (unpaired) electrons. The van der Waals surface area contributed by atoms with Gasteiger partial charge in [-0.25, -0.2) is 0 Å². The predicted octanol–water partition coefficient (Wildman–Crippen LogP) is 1.65. The molecule has 1 aliphatic heterocycles. The molecule has 0 aromatic heterocycles. The number of hydrogen-bond donors (Lipinski definition) is 0. The van der Waals surface area contributed by atoms with Crippen LogP contribution >= 0.6 is 0 Å². The molecule has 0 spiro atoms. The Bertz CT molecular complexity index is 671. The van der Waals surface area contributed by atoms with Gasteiger partial charge in [0.05, 0.1) is 0 Å². The van der Waals surface area contributed by atoms with Gasteiger partial charge in [0.15, 0.2) is 0 Å². The van der Waals surface area contributed by atoms with E-state index in [0.29, 0.717) is 44.8 Å². The van der Waals surface area contributed by atoms with Gasteiger partial charge in [0.1, 0.15) is 0 Å². The monoisotopic (exact) mass is 353 g/mol. The van der Waals surface area contributed by atoms with Gasteiger partial charge < -0.3 is 4.90 Å². The summed E-state index contributed by atoms with van der Waals surface area (Å²) in [6.07, 6.45) is 0. The number of nitrogens with zero attached hydrogens (tertiary/aromatic N) is 3. The second kappa shape index (κ2) is 7.63. The van der Waals surface area contributed by atoms with Crippen molar-refractivity contribution < 1.29 is 13.2 Å². The smallest absolute Gasteiger partial charge is 0.282 e. The Morgan fingerprint density at radius 2 is 1.50 bits per heavy atom. The van der Waals surface area contributed by atoms with Gasteiger partial charge in [-0.05, 0) is 26.0 Å². The maximum absolute atomic E-state index is 12.7. The molecule has 2 rings (SSSR count). The molecule has 1 aromatic rings. The molecule has 1 fully saturated rings. The lowest BCUT2D eigenvalue weighted by molar-refractivity contribution is 0.0694. The molecule has 1 aliphatic rings. The maximum Gasteiger partial charge on any atom is 0.282 e. The van der Waals surface area contributed by atoms with Crippen molar-refractivity contribution in [1.29, 1.82) is 0 Å². The minimum Gasteiger partial charge on any atom is -0.336 e. The zero-order valence-electron chi connectivity index (χ0n) is 14.9. The Morgan fingerprint density at radius 3 is 1.96 bits per heavy atom. The number of amides is 1. The van der Waals surface area contributed by atoms with E-state index in [0.717, 1.165) is 11.1 Å². The highest BCUT2D eigenvalue weighted by Gasteiger charge is 2.32. The summed E-state index contributed by atoms with van der Waals surface area (Å²) in [5.41, 5.74) is 2.79. The van der Waals surface area contributed by atoms with Crippen molar-refractivity contribution in [3.05, 3.63) is 34.9 Å². The van der Waals surface area contributed by atoms with E-state index >= 15 is 0 Å². The van der Waals surface area contributed by atoms with E-state index in [1.807, 2.05) is 45.9 Å². The molecule has 134 valence electrons. The Morgan fingerprint density at radius 1 is 1.00 bits per heavy atom. The largest absolute Gasteiger partial charge is 0.336 e. The summed E-state index contributed by atoms with van der Waals surface area (Å²) in [7, 11) is -3.42. The van der Waals surface area contributed by atoms with Crippen molar-refractivity contribution in [3.8, 4) is 0 Å². The number of carbonyl (C=O) groups is 1. The van der Waals surface area contributed by atoms with Crippen LogP contribution in [-0.4, -0.2) is 67.1 Å². The molecule has 1 aromatic carbocycles. The molecule has 0 unspecified atom stereocenters. The molecule has 6 nitrogen and oxygen atoms in total. The minimum absolute atomic E-state index is 0.0262. The first-order valence-electron chi connectivity index (χ1n) is 8.42. The number of hydrogen-bond acceptors (Lipinski definition) is 3. The molecule has 0 bridgehead atoms. The summed E-state index contributed by atoms with van der Waals surface area (Å²) >= 11 is 0. The topological polar surface area (TPSA) is 60.9 Å². The van der Waals surface area contributed by atoms with Crippen LogP contribution < -0.4 is 0 Å². The van der Waals surface area contributed by atoms with Gasteiger partial charge in [-0.3, -0.25) is 4.79 Å². The van der Waals surface area contributed by atoms with Crippen LogP contribution in [0.5, 0.6) is 0 Å². The third kappa shape index (κ3) is 3.96. The molecule has 1 heterocycles. The van der Waals surface area contributed by atoms with Crippen LogP contribution in [0.4, 0.5) is 0 Å². The molecule has 0 aliphatic carbocycles. The van der Waals surface area contributed by atoms with Gasteiger partial charge in [-0.1, -0.05) is 31.0 Å². The van der Waals surface area contributed by atoms with Gasteiger partial charge in [-0.15, -0.1) is 0 Å². The first-order valence-corrected chi connectivity index (χ1v) is 9.82. The lowest BCUT2D eigenvalue weighted by Gasteiger charge is -2.36. The van der Waals surface area contributed by atoms with Gasteiger partial charge in [0.25, 0.3) is 16.1 Å². The standard InChI is InChI=1S/C17H27N3O3S/c1-5-19(6-2)24(22,23)20-9-7-18(8-10-20)17(21)16-12-14(3)11-15(4)13-16/h11-13H,5-10H2,1-4H3. The first kappa shape index (κ1) is 18.9. The van der Waals surface area contributed by atoms with E-state index in [1.54, 1.807) is 4.90 Å². The molecule has 0 atom stereocenters. The number of aryl methyl sites for hydroxylation is 2. The van der Waals surface area contributed by atoms with Gasteiger partial charge in [0.2, 0.25) is 0 Å². The summed E-state index contributed by atoms with van der Waals surface area (Å²) < 4.78 is 28.0. The lowest BCUT2D eigenvalue weighted by Crippen LogP contribution is -2.54. The molecule has 0 N–H and O–H groups in total. The molecule has 7 heteroatoms. The van der Waals surface area contributed by atoms with E-state index in [1.165, 1.54) is 8.61 Å². The van der Waals surface area contributed by atoms with E-state index in [2.05, 4.69) is 0 Å². The fraction of sp³-hybridized carbons (Fsp3) is 0.588.